The predicted molar refractivity (Wildman–Crippen MR) is 99.0 cm³/mol. The van der Waals surface area contributed by atoms with Gasteiger partial charge in [-0.2, -0.15) is 5.10 Å². The molecule has 6 heteroatoms. The van der Waals surface area contributed by atoms with Crippen LogP contribution in [0.25, 0.3) is 0 Å². The fraction of sp³-hybridized carbons (Fsp3) is 0.500. The molecule has 2 aliphatic rings. The summed E-state index contributed by atoms with van der Waals surface area (Å²) in [4.78, 5) is 17.4. The van der Waals surface area contributed by atoms with Crippen LogP contribution in [0.3, 0.4) is 0 Å². The second kappa shape index (κ2) is 7.21. The quantitative estimate of drug-likeness (QED) is 0.845. The molecule has 2 aromatic rings. The number of carbonyl (C=O) groups is 1. The number of carbonyl (C=O) groups excluding carboxylic acids is 1. The molecule has 0 N–H and O–H groups in total. The predicted octanol–water partition coefficient (Wildman–Crippen LogP) is 1.88. The number of rotatable bonds is 3. The van der Waals surface area contributed by atoms with E-state index in [4.69, 9.17) is 4.74 Å². The number of piperazine rings is 1. The summed E-state index contributed by atoms with van der Waals surface area (Å²) in [7, 11) is 1.85. The minimum absolute atomic E-state index is 0.0705. The normalized spacial score (nSPS) is 23.7. The molecule has 26 heavy (non-hydrogen) atoms. The summed E-state index contributed by atoms with van der Waals surface area (Å²) in [6.07, 6.45) is 0.837. The lowest BCUT2D eigenvalue weighted by molar-refractivity contribution is -0.0771. The average Bonchev–Trinajstić information content (AvgIpc) is 3.08. The second-order valence-corrected chi connectivity index (χ2v) is 7.10. The van der Waals surface area contributed by atoms with Gasteiger partial charge in [-0.1, -0.05) is 37.3 Å². The zero-order chi connectivity index (χ0) is 18.1. The van der Waals surface area contributed by atoms with E-state index in [9.17, 15) is 4.79 Å². The standard InChI is InChI=1S/C20H26N4O2/c1-3-16-11-18(22(2)21-16)20(25)23-9-10-24-17(12-23)13-26-14-19(24)15-7-5-4-6-8-15/h4-8,11,17,19H,3,9-10,12-14H2,1-2H3/t17-,19-/m1/s1. The molecule has 1 aromatic heterocycles. The summed E-state index contributed by atoms with van der Waals surface area (Å²) >= 11 is 0. The van der Waals surface area contributed by atoms with Gasteiger partial charge in [0, 0.05) is 26.7 Å². The fourth-order valence-electron chi connectivity index (χ4n) is 4.05. The van der Waals surface area contributed by atoms with Gasteiger partial charge in [0.1, 0.15) is 5.69 Å². The van der Waals surface area contributed by atoms with Gasteiger partial charge in [0.15, 0.2) is 0 Å². The van der Waals surface area contributed by atoms with Gasteiger partial charge in [-0.3, -0.25) is 14.4 Å². The molecule has 2 saturated heterocycles. The summed E-state index contributed by atoms with van der Waals surface area (Å²) < 4.78 is 7.59. The molecule has 1 amide bonds. The van der Waals surface area contributed by atoms with Crippen molar-refractivity contribution < 1.29 is 9.53 Å². The van der Waals surface area contributed by atoms with Gasteiger partial charge in [0.25, 0.3) is 5.91 Å². The van der Waals surface area contributed by atoms with E-state index in [0.29, 0.717) is 18.8 Å². The second-order valence-electron chi connectivity index (χ2n) is 7.10. The Balaban J connectivity index is 1.49. The van der Waals surface area contributed by atoms with Crippen LogP contribution in [0.2, 0.25) is 0 Å². The molecule has 6 nitrogen and oxygen atoms in total. The molecule has 0 unspecified atom stereocenters. The summed E-state index contributed by atoms with van der Waals surface area (Å²) in [6, 6.07) is 12.9. The highest BCUT2D eigenvalue weighted by Gasteiger charge is 2.38. The van der Waals surface area contributed by atoms with E-state index in [1.54, 1.807) is 4.68 Å². The van der Waals surface area contributed by atoms with Crippen LogP contribution < -0.4 is 0 Å². The van der Waals surface area contributed by atoms with Crippen molar-refractivity contribution in [3.63, 3.8) is 0 Å². The van der Waals surface area contributed by atoms with Gasteiger partial charge in [-0.15, -0.1) is 0 Å². The smallest absolute Gasteiger partial charge is 0.272 e. The third-order valence-electron chi connectivity index (χ3n) is 5.50. The monoisotopic (exact) mass is 354 g/mol. The lowest BCUT2D eigenvalue weighted by atomic mass is 10.00. The Bertz CT molecular complexity index is 773. The van der Waals surface area contributed by atoms with Crippen molar-refractivity contribution in [2.75, 3.05) is 32.8 Å². The van der Waals surface area contributed by atoms with E-state index in [-0.39, 0.29) is 18.0 Å². The number of nitrogens with zero attached hydrogens (tertiary/aromatic N) is 4. The number of morpholine rings is 1. The van der Waals surface area contributed by atoms with Gasteiger partial charge in [-0.05, 0) is 18.1 Å². The number of fused-ring (bicyclic) bond motifs is 1. The highest BCUT2D eigenvalue weighted by atomic mass is 16.5. The van der Waals surface area contributed by atoms with Gasteiger partial charge >= 0.3 is 0 Å². The van der Waals surface area contributed by atoms with E-state index in [1.165, 1.54) is 5.56 Å². The molecule has 2 atom stereocenters. The lowest BCUT2D eigenvalue weighted by Crippen LogP contribution is -2.60. The lowest BCUT2D eigenvalue weighted by Gasteiger charge is -2.48. The summed E-state index contributed by atoms with van der Waals surface area (Å²) in [6.45, 7) is 5.77. The third kappa shape index (κ3) is 3.15. The number of hydrogen-bond donors (Lipinski definition) is 0. The Hall–Kier alpha value is -2.18. The third-order valence-corrected chi connectivity index (χ3v) is 5.50. The Morgan fingerprint density at radius 3 is 2.77 bits per heavy atom. The molecular formula is C20H26N4O2. The molecule has 0 bridgehead atoms. The summed E-state index contributed by atoms with van der Waals surface area (Å²) in [5.74, 6) is 0.0705. The van der Waals surface area contributed by atoms with Crippen molar-refractivity contribution in [1.29, 1.82) is 0 Å². The molecule has 138 valence electrons. The molecule has 4 rings (SSSR count). The molecule has 0 spiro atoms. The van der Waals surface area contributed by atoms with E-state index in [2.05, 4.69) is 41.2 Å². The van der Waals surface area contributed by atoms with Crippen LogP contribution in [-0.4, -0.2) is 64.4 Å². The van der Waals surface area contributed by atoms with Crippen LogP contribution in [0, 0.1) is 0 Å². The number of amides is 1. The van der Waals surface area contributed by atoms with E-state index >= 15 is 0 Å². The molecule has 2 aliphatic heterocycles. The number of aryl methyl sites for hydroxylation is 2. The Morgan fingerprint density at radius 1 is 1.23 bits per heavy atom. The molecule has 0 saturated carbocycles. The van der Waals surface area contributed by atoms with E-state index in [1.807, 2.05) is 24.1 Å². The van der Waals surface area contributed by atoms with Crippen molar-refractivity contribution in [3.05, 3.63) is 53.3 Å². The van der Waals surface area contributed by atoms with Gasteiger partial charge in [0.05, 0.1) is 31.0 Å². The first kappa shape index (κ1) is 17.2. The van der Waals surface area contributed by atoms with Crippen LogP contribution in [0.15, 0.2) is 36.4 Å². The Kier molecular flexibility index (Phi) is 4.78. The number of benzene rings is 1. The van der Waals surface area contributed by atoms with Crippen LogP contribution >= 0.6 is 0 Å². The molecule has 0 radical (unpaired) electrons. The van der Waals surface area contributed by atoms with Crippen molar-refractivity contribution in [2.45, 2.75) is 25.4 Å². The highest BCUT2D eigenvalue weighted by Crippen LogP contribution is 2.30. The van der Waals surface area contributed by atoms with Crippen molar-refractivity contribution >= 4 is 5.91 Å². The molecule has 2 fully saturated rings. The maximum absolute atomic E-state index is 13.0. The van der Waals surface area contributed by atoms with Crippen molar-refractivity contribution in [1.82, 2.24) is 19.6 Å². The molecule has 0 aliphatic carbocycles. The van der Waals surface area contributed by atoms with E-state index < -0.39 is 0 Å². The molecular weight excluding hydrogens is 328 g/mol. The minimum Gasteiger partial charge on any atom is -0.378 e. The Labute approximate surface area is 154 Å². The van der Waals surface area contributed by atoms with Gasteiger partial charge < -0.3 is 9.64 Å². The van der Waals surface area contributed by atoms with Gasteiger partial charge in [0.2, 0.25) is 0 Å². The average molecular weight is 354 g/mol. The largest absolute Gasteiger partial charge is 0.378 e. The summed E-state index contributed by atoms with van der Waals surface area (Å²) in [5, 5.41) is 4.41. The first-order chi connectivity index (χ1) is 12.7. The van der Waals surface area contributed by atoms with Crippen LogP contribution in [0.4, 0.5) is 0 Å². The highest BCUT2D eigenvalue weighted by molar-refractivity contribution is 5.92. The SMILES string of the molecule is CCc1cc(C(=O)N2CCN3[C@@H](COC[C@@H]3c3ccccc3)C2)n(C)n1. The number of hydrogen-bond acceptors (Lipinski definition) is 4. The van der Waals surface area contributed by atoms with E-state index in [0.717, 1.165) is 31.8 Å². The molecule has 3 heterocycles. The van der Waals surface area contributed by atoms with Crippen LogP contribution in [-0.2, 0) is 18.2 Å². The molecule has 1 aromatic carbocycles. The maximum Gasteiger partial charge on any atom is 0.272 e. The Morgan fingerprint density at radius 2 is 2.04 bits per heavy atom. The fourth-order valence-corrected chi connectivity index (χ4v) is 4.05. The number of ether oxygens (including phenoxy) is 1. The zero-order valence-electron chi connectivity index (χ0n) is 15.5. The van der Waals surface area contributed by atoms with Gasteiger partial charge in [-0.25, -0.2) is 0 Å². The minimum atomic E-state index is 0.0705. The first-order valence-electron chi connectivity index (χ1n) is 9.38. The summed E-state index contributed by atoms with van der Waals surface area (Å²) in [5.41, 5.74) is 2.92. The first-order valence-corrected chi connectivity index (χ1v) is 9.38. The maximum atomic E-state index is 13.0. The van der Waals surface area contributed by atoms with Crippen molar-refractivity contribution in [3.8, 4) is 0 Å². The van der Waals surface area contributed by atoms with Crippen molar-refractivity contribution in [2.24, 2.45) is 7.05 Å². The van der Waals surface area contributed by atoms with Crippen LogP contribution in [0.1, 0.15) is 34.7 Å². The van der Waals surface area contributed by atoms with Crippen LogP contribution in [0.5, 0.6) is 0 Å². The topological polar surface area (TPSA) is 50.6 Å². The zero-order valence-corrected chi connectivity index (χ0v) is 15.5. The number of aromatic nitrogens is 2.